The van der Waals surface area contributed by atoms with Crippen molar-refractivity contribution in [2.24, 2.45) is 0 Å². The number of hydrogen-bond donors (Lipinski definition) is 3. The maximum atomic E-state index is 11.7. The molecule has 1 rings (SSSR count). The summed E-state index contributed by atoms with van der Waals surface area (Å²) in [6.07, 6.45) is 0. The van der Waals surface area contributed by atoms with E-state index in [1.807, 2.05) is 4.72 Å². The molecule has 1 aromatic rings. The molecule has 0 bridgehead atoms. The SMILES string of the molecule is COCCNC(=O)CNS(=O)(=O)c1ccc(C(=O)O)o1. The molecule has 1 heterocycles. The molecule has 9 nitrogen and oxygen atoms in total. The fourth-order valence-electron chi connectivity index (χ4n) is 1.17. The Morgan fingerprint density at radius 2 is 2.10 bits per heavy atom. The van der Waals surface area contributed by atoms with Gasteiger partial charge in [-0.1, -0.05) is 0 Å². The monoisotopic (exact) mass is 306 g/mol. The first-order valence-electron chi connectivity index (χ1n) is 5.45. The van der Waals surface area contributed by atoms with E-state index < -0.39 is 39.3 Å². The predicted molar refractivity (Wildman–Crippen MR) is 65.7 cm³/mol. The van der Waals surface area contributed by atoms with Gasteiger partial charge in [0.2, 0.25) is 16.8 Å². The van der Waals surface area contributed by atoms with Crippen LogP contribution >= 0.6 is 0 Å². The van der Waals surface area contributed by atoms with E-state index >= 15 is 0 Å². The molecule has 10 heteroatoms. The summed E-state index contributed by atoms with van der Waals surface area (Å²) in [5.41, 5.74) is 0. The Morgan fingerprint density at radius 1 is 1.40 bits per heavy atom. The molecule has 0 radical (unpaired) electrons. The summed E-state index contributed by atoms with van der Waals surface area (Å²) in [6, 6.07) is 2.00. The lowest BCUT2D eigenvalue weighted by molar-refractivity contribution is -0.120. The van der Waals surface area contributed by atoms with Gasteiger partial charge in [0.25, 0.3) is 10.0 Å². The molecule has 3 N–H and O–H groups in total. The smallest absolute Gasteiger partial charge is 0.371 e. The standard InChI is InChI=1S/C10H14N2O7S/c1-18-5-4-11-8(13)6-12-20(16,17)9-3-2-7(19-9)10(14)15/h2-3,12H,4-6H2,1H3,(H,11,13)(H,14,15). The number of furan rings is 1. The van der Waals surface area contributed by atoms with Gasteiger partial charge >= 0.3 is 5.97 Å². The van der Waals surface area contributed by atoms with Crippen molar-refractivity contribution in [3.8, 4) is 0 Å². The number of carboxylic acid groups (broad SMARTS) is 1. The maximum Gasteiger partial charge on any atom is 0.371 e. The van der Waals surface area contributed by atoms with Crippen LogP contribution in [0.3, 0.4) is 0 Å². The van der Waals surface area contributed by atoms with Crippen LogP contribution in [0.15, 0.2) is 21.6 Å². The zero-order chi connectivity index (χ0) is 15.2. The molecule has 0 atom stereocenters. The first-order chi connectivity index (χ1) is 9.36. The van der Waals surface area contributed by atoms with Gasteiger partial charge < -0.3 is 19.6 Å². The zero-order valence-electron chi connectivity index (χ0n) is 10.6. The summed E-state index contributed by atoms with van der Waals surface area (Å²) in [5.74, 6) is -2.44. The largest absolute Gasteiger partial charge is 0.475 e. The maximum absolute atomic E-state index is 11.7. The van der Waals surface area contributed by atoms with E-state index in [1.54, 1.807) is 0 Å². The molecule has 0 spiro atoms. The molecule has 1 aromatic heterocycles. The van der Waals surface area contributed by atoms with Crippen LogP contribution in [-0.4, -0.2) is 52.2 Å². The number of carbonyl (C=O) groups is 2. The number of hydrogen-bond acceptors (Lipinski definition) is 6. The van der Waals surface area contributed by atoms with Crippen LogP contribution in [-0.2, 0) is 19.6 Å². The van der Waals surface area contributed by atoms with Gasteiger partial charge in [-0.3, -0.25) is 4.79 Å². The number of aromatic carboxylic acids is 1. The number of carbonyl (C=O) groups excluding carboxylic acids is 1. The summed E-state index contributed by atoms with van der Waals surface area (Å²) in [7, 11) is -2.61. The fourth-order valence-corrected chi connectivity index (χ4v) is 2.08. The summed E-state index contributed by atoms with van der Waals surface area (Å²) >= 11 is 0. The number of rotatable bonds is 8. The molecule has 0 aliphatic heterocycles. The van der Waals surface area contributed by atoms with E-state index in [0.29, 0.717) is 6.61 Å². The normalized spacial score (nSPS) is 11.2. The second-order valence-corrected chi connectivity index (χ2v) is 5.29. The van der Waals surface area contributed by atoms with Crippen molar-refractivity contribution in [3.05, 3.63) is 17.9 Å². The van der Waals surface area contributed by atoms with Gasteiger partial charge in [-0.2, -0.15) is 4.72 Å². The average molecular weight is 306 g/mol. The van der Waals surface area contributed by atoms with Gasteiger partial charge in [-0.05, 0) is 12.1 Å². The molecule has 0 fully saturated rings. The van der Waals surface area contributed by atoms with Crippen molar-refractivity contribution in [3.63, 3.8) is 0 Å². The van der Waals surface area contributed by atoms with E-state index in [-0.39, 0.29) is 6.54 Å². The van der Waals surface area contributed by atoms with E-state index in [9.17, 15) is 18.0 Å². The number of sulfonamides is 1. The second kappa shape index (κ2) is 7.03. The molecule has 1 amide bonds. The lowest BCUT2D eigenvalue weighted by Crippen LogP contribution is -2.38. The lowest BCUT2D eigenvalue weighted by atomic mass is 10.5. The highest BCUT2D eigenvalue weighted by Gasteiger charge is 2.21. The molecule has 0 unspecified atom stereocenters. The number of amides is 1. The minimum absolute atomic E-state index is 0.251. The van der Waals surface area contributed by atoms with Gasteiger partial charge in [0.15, 0.2) is 0 Å². The second-order valence-electron chi connectivity index (χ2n) is 3.59. The van der Waals surface area contributed by atoms with Crippen molar-refractivity contribution < 1.29 is 32.3 Å². The van der Waals surface area contributed by atoms with Crippen molar-refractivity contribution in [1.29, 1.82) is 0 Å². The number of methoxy groups -OCH3 is 1. The first-order valence-corrected chi connectivity index (χ1v) is 6.93. The van der Waals surface area contributed by atoms with E-state index in [0.717, 1.165) is 12.1 Å². The Labute approximate surface area is 115 Å². The zero-order valence-corrected chi connectivity index (χ0v) is 11.4. The molecule has 0 aliphatic carbocycles. The Morgan fingerprint density at radius 3 is 2.65 bits per heavy atom. The van der Waals surface area contributed by atoms with Crippen LogP contribution in [0.5, 0.6) is 0 Å². The van der Waals surface area contributed by atoms with Crippen LogP contribution in [0, 0.1) is 0 Å². The van der Waals surface area contributed by atoms with Crippen molar-refractivity contribution in [1.82, 2.24) is 10.0 Å². The number of ether oxygens (including phenoxy) is 1. The third-order valence-corrected chi connectivity index (χ3v) is 3.38. The Balaban J connectivity index is 2.56. The topological polar surface area (TPSA) is 135 Å². The summed E-state index contributed by atoms with van der Waals surface area (Å²) in [5, 5.41) is 10.5. The van der Waals surface area contributed by atoms with Gasteiger partial charge in [0.1, 0.15) is 0 Å². The Bertz CT molecular complexity index is 578. The molecular weight excluding hydrogens is 292 g/mol. The average Bonchev–Trinajstić information content (AvgIpc) is 2.87. The Kier molecular flexibility index (Phi) is 5.67. The summed E-state index contributed by atoms with van der Waals surface area (Å²) < 4.78 is 34.7. The molecular formula is C10H14N2O7S. The van der Waals surface area contributed by atoms with Crippen molar-refractivity contribution in [2.45, 2.75) is 5.09 Å². The van der Waals surface area contributed by atoms with E-state index in [2.05, 4.69) is 9.73 Å². The van der Waals surface area contributed by atoms with Gasteiger partial charge in [-0.15, -0.1) is 0 Å². The summed E-state index contributed by atoms with van der Waals surface area (Å²) in [6.45, 7) is 0.0643. The third kappa shape index (κ3) is 4.64. The number of carboxylic acids is 1. The molecule has 0 saturated heterocycles. The molecule has 0 saturated carbocycles. The predicted octanol–water partition coefficient (Wildman–Crippen LogP) is -0.981. The molecule has 0 aliphatic rings. The van der Waals surface area contributed by atoms with E-state index in [4.69, 9.17) is 9.84 Å². The first kappa shape index (κ1) is 16.1. The molecule has 112 valence electrons. The minimum Gasteiger partial charge on any atom is -0.475 e. The van der Waals surface area contributed by atoms with Crippen molar-refractivity contribution >= 4 is 21.9 Å². The number of nitrogens with one attached hydrogen (secondary N) is 2. The fraction of sp³-hybridized carbons (Fsp3) is 0.400. The highest BCUT2D eigenvalue weighted by molar-refractivity contribution is 7.89. The Hall–Kier alpha value is -1.91. The quantitative estimate of drug-likeness (QED) is 0.525. The van der Waals surface area contributed by atoms with Crippen LogP contribution in [0.1, 0.15) is 10.6 Å². The van der Waals surface area contributed by atoms with E-state index in [1.165, 1.54) is 7.11 Å². The third-order valence-electron chi connectivity index (χ3n) is 2.11. The van der Waals surface area contributed by atoms with Gasteiger partial charge in [0, 0.05) is 13.7 Å². The van der Waals surface area contributed by atoms with Crippen molar-refractivity contribution in [2.75, 3.05) is 26.8 Å². The highest BCUT2D eigenvalue weighted by atomic mass is 32.2. The van der Waals surface area contributed by atoms with Crippen LogP contribution < -0.4 is 10.0 Å². The minimum atomic E-state index is -4.07. The van der Waals surface area contributed by atoms with Crippen LogP contribution in [0.4, 0.5) is 0 Å². The lowest BCUT2D eigenvalue weighted by Gasteiger charge is -2.05. The summed E-state index contributed by atoms with van der Waals surface area (Å²) in [4.78, 5) is 21.9. The van der Waals surface area contributed by atoms with Gasteiger partial charge in [0.05, 0.1) is 13.2 Å². The van der Waals surface area contributed by atoms with Crippen LogP contribution in [0.25, 0.3) is 0 Å². The van der Waals surface area contributed by atoms with Gasteiger partial charge in [-0.25, -0.2) is 13.2 Å². The molecule has 0 aromatic carbocycles. The molecule has 20 heavy (non-hydrogen) atoms. The highest BCUT2D eigenvalue weighted by Crippen LogP contribution is 2.13. The van der Waals surface area contributed by atoms with Crippen LogP contribution in [0.2, 0.25) is 0 Å².